The molecule has 5 nitrogen and oxygen atoms in total. The number of piperazine rings is 1. The number of methoxy groups -OCH3 is 1. The predicted molar refractivity (Wildman–Crippen MR) is 102 cm³/mol. The third-order valence-electron chi connectivity index (χ3n) is 4.66. The Morgan fingerprint density at radius 3 is 2.50 bits per heavy atom. The van der Waals surface area contributed by atoms with Crippen LogP contribution in [0.1, 0.15) is 21.5 Å². The van der Waals surface area contributed by atoms with Gasteiger partial charge in [-0.1, -0.05) is 17.7 Å². The molecule has 3 rings (SSSR count). The Labute approximate surface area is 158 Å². The second kappa shape index (κ2) is 7.67. The number of nitrogens with zero attached hydrogens (tertiary/aromatic N) is 3. The van der Waals surface area contributed by atoms with Crippen molar-refractivity contribution in [2.24, 2.45) is 0 Å². The Morgan fingerprint density at radius 1 is 1.15 bits per heavy atom. The van der Waals surface area contributed by atoms with E-state index in [0.29, 0.717) is 29.2 Å². The number of rotatable bonds is 3. The number of aryl methyl sites for hydroxylation is 1. The molecule has 1 heterocycles. The summed E-state index contributed by atoms with van der Waals surface area (Å²) < 4.78 is 5.31. The summed E-state index contributed by atoms with van der Waals surface area (Å²) in [5, 5.41) is 9.43. The van der Waals surface area contributed by atoms with Crippen molar-refractivity contribution in [3.8, 4) is 11.8 Å². The molecule has 0 unspecified atom stereocenters. The van der Waals surface area contributed by atoms with Gasteiger partial charge in [-0.2, -0.15) is 5.26 Å². The predicted octanol–water partition coefficient (Wildman–Crippen LogP) is 3.49. The monoisotopic (exact) mass is 369 g/mol. The summed E-state index contributed by atoms with van der Waals surface area (Å²) in [6, 6.07) is 13.0. The number of amides is 1. The van der Waals surface area contributed by atoms with Gasteiger partial charge in [-0.15, -0.1) is 0 Å². The second-order valence-corrected chi connectivity index (χ2v) is 6.65. The highest BCUT2D eigenvalue weighted by atomic mass is 35.5. The Balaban J connectivity index is 1.67. The zero-order valence-corrected chi connectivity index (χ0v) is 15.6. The quantitative estimate of drug-likeness (QED) is 0.831. The van der Waals surface area contributed by atoms with Gasteiger partial charge in [0.1, 0.15) is 11.8 Å². The van der Waals surface area contributed by atoms with Crippen LogP contribution in [-0.4, -0.2) is 44.1 Å². The van der Waals surface area contributed by atoms with E-state index in [1.165, 1.54) is 0 Å². The molecule has 1 aliphatic rings. The fraction of sp³-hybridized carbons (Fsp3) is 0.300. The fourth-order valence-electron chi connectivity index (χ4n) is 3.09. The van der Waals surface area contributed by atoms with Gasteiger partial charge < -0.3 is 14.5 Å². The Hall–Kier alpha value is -2.71. The number of hydrogen-bond acceptors (Lipinski definition) is 4. The first kappa shape index (κ1) is 18.1. The topological polar surface area (TPSA) is 56.6 Å². The van der Waals surface area contributed by atoms with Crippen molar-refractivity contribution in [3.63, 3.8) is 0 Å². The van der Waals surface area contributed by atoms with Gasteiger partial charge in [0.2, 0.25) is 0 Å². The Bertz CT molecular complexity index is 868. The van der Waals surface area contributed by atoms with Crippen molar-refractivity contribution in [2.75, 3.05) is 38.2 Å². The van der Waals surface area contributed by atoms with Crippen molar-refractivity contribution in [3.05, 3.63) is 58.1 Å². The summed E-state index contributed by atoms with van der Waals surface area (Å²) in [6.07, 6.45) is 0. The van der Waals surface area contributed by atoms with Crippen molar-refractivity contribution in [1.29, 1.82) is 5.26 Å². The van der Waals surface area contributed by atoms with Crippen LogP contribution < -0.4 is 9.64 Å². The molecule has 6 heteroatoms. The molecule has 0 bridgehead atoms. The van der Waals surface area contributed by atoms with Gasteiger partial charge in [-0.05, 0) is 42.8 Å². The third kappa shape index (κ3) is 3.61. The number of nitriles is 1. The van der Waals surface area contributed by atoms with Gasteiger partial charge in [-0.25, -0.2) is 0 Å². The van der Waals surface area contributed by atoms with E-state index in [9.17, 15) is 4.79 Å². The van der Waals surface area contributed by atoms with Gasteiger partial charge in [0.05, 0.1) is 17.7 Å². The highest BCUT2D eigenvalue weighted by molar-refractivity contribution is 6.32. The minimum atomic E-state index is 0.0146. The normalized spacial score (nSPS) is 14.1. The molecule has 0 saturated carbocycles. The number of carbonyl (C=O) groups excluding carboxylic acids is 1. The third-order valence-corrected chi connectivity index (χ3v) is 4.97. The molecule has 26 heavy (non-hydrogen) atoms. The van der Waals surface area contributed by atoms with Crippen LogP contribution in [0.3, 0.4) is 0 Å². The summed E-state index contributed by atoms with van der Waals surface area (Å²) >= 11 is 6.12. The first-order valence-corrected chi connectivity index (χ1v) is 8.80. The lowest BCUT2D eigenvalue weighted by Gasteiger charge is -2.36. The molecule has 1 amide bonds. The van der Waals surface area contributed by atoms with E-state index >= 15 is 0 Å². The summed E-state index contributed by atoms with van der Waals surface area (Å²) in [6.45, 7) is 4.65. The van der Waals surface area contributed by atoms with E-state index in [-0.39, 0.29) is 5.91 Å². The minimum Gasteiger partial charge on any atom is -0.496 e. The molecule has 1 saturated heterocycles. The van der Waals surface area contributed by atoms with E-state index < -0.39 is 0 Å². The number of hydrogen-bond donors (Lipinski definition) is 0. The van der Waals surface area contributed by atoms with Gasteiger partial charge >= 0.3 is 0 Å². The van der Waals surface area contributed by atoms with Gasteiger partial charge in [0.25, 0.3) is 5.91 Å². The van der Waals surface area contributed by atoms with Crippen molar-refractivity contribution in [1.82, 2.24) is 4.90 Å². The second-order valence-electron chi connectivity index (χ2n) is 6.24. The molecule has 0 atom stereocenters. The molecular weight excluding hydrogens is 350 g/mol. The Kier molecular flexibility index (Phi) is 5.34. The van der Waals surface area contributed by atoms with Crippen LogP contribution in [0.4, 0.5) is 5.69 Å². The fourth-order valence-corrected chi connectivity index (χ4v) is 3.31. The van der Waals surface area contributed by atoms with Gasteiger partial charge in [-0.3, -0.25) is 4.79 Å². The summed E-state index contributed by atoms with van der Waals surface area (Å²) in [5.74, 6) is 0.738. The van der Waals surface area contributed by atoms with E-state index in [1.54, 1.807) is 19.2 Å². The lowest BCUT2D eigenvalue weighted by Crippen LogP contribution is -2.48. The van der Waals surface area contributed by atoms with Crippen LogP contribution in [0.2, 0.25) is 5.02 Å². The maximum atomic E-state index is 12.8. The zero-order chi connectivity index (χ0) is 18.7. The molecule has 0 spiro atoms. The molecule has 2 aromatic rings. The molecule has 2 aromatic carbocycles. The number of carbonyl (C=O) groups is 1. The molecule has 1 aliphatic heterocycles. The zero-order valence-electron chi connectivity index (χ0n) is 14.8. The molecule has 1 fully saturated rings. The number of benzene rings is 2. The standard InChI is InChI=1S/C20H20ClN3O2/c1-14-3-4-15(11-19(14)26-2)20(25)24-9-7-23(8-10-24)17-6-5-16(13-22)18(21)12-17/h3-6,11-12H,7-10H2,1-2H3. The molecule has 0 aliphatic carbocycles. The minimum absolute atomic E-state index is 0.0146. The lowest BCUT2D eigenvalue weighted by molar-refractivity contribution is 0.0746. The van der Waals surface area contributed by atoms with Crippen LogP contribution in [0.5, 0.6) is 5.75 Å². The molecule has 134 valence electrons. The highest BCUT2D eigenvalue weighted by Gasteiger charge is 2.23. The number of halogens is 1. The van der Waals surface area contributed by atoms with E-state index in [2.05, 4.69) is 11.0 Å². The summed E-state index contributed by atoms with van der Waals surface area (Å²) in [7, 11) is 1.61. The van der Waals surface area contributed by atoms with Gasteiger partial charge in [0, 0.05) is 37.4 Å². The van der Waals surface area contributed by atoms with Crippen LogP contribution in [-0.2, 0) is 0 Å². The first-order chi connectivity index (χ1) is 12.5. The van der Waals surface area contributed by atoms with E-state index in [0.717, 1.165) is 30.1 Å². The average Bonchev–Trinajstić information content (AvgIpc) is 2.68. The van der Waals surface area contributed by atoms with Crippen molar-refractivity contribution in [2.45, 2.75) is 6.92 Å². The molecule has 0 N–H and O–H groups in total. The van der Waals surface area contributed by atoms with Crippen molar-refractivity contribution >= 4 is 23.2 Å². The number of ether oxygens (including phenoxy) is 1. The van der Waals surface area contributed by atoms with Crippen molar-refractivity contribution < 1.29 is 9.53 Å². The van der Waals surface area contributed by atoms with E-state index in [4.69, 9.17) is 21.6 Å². The Morgan fingerprint density at radius 2 is 1.88 bits per heavy atom. The van der Waals surface area contributed by atoms with Crippen LogP contribution in [0, 0.1) is 18.3 Å². The number of anilines is 1. The highest BCUT2D eigenvalue weighted by Crippen LogP contribution is 2.25. The van der Waals surface area contributed by atoms with Crippen LogP contribution in [0.15, 0.2) is 36.4 Å². The largest absolute Gasteiger partial charge is 0.496 e. The van der Waals surface area contributed by atoms with Crippen LogP contribution >= 0.6 is 11.6 Å². The molecular formula is C20H20ClN3O2. The summed E-state index contributed by atoms with van der Waals surface area (Å²) in [4.78, 5) is 16.8. The van der Waals surface area contributed by atoms with Crippen LogP contribution in [0.25, 0.3) is 0 Å². The van der Waals surface area contributed by atoms with Gasteiger partial charge in [0.15, 0.2) is 0 Å². The lowest BCUT2D eigenvalue weighted by atomic mass is 10.1. The maximum Gasteiger partial charge on any atom is 0.254 e. The SMILES string of the molecule is COc1cc(C(=O)N2CCN(c3ccc(C#N)c(Cl)c3)CC2)ccc1C. The summed E-state index contributed by atoms with van der Waals surface area (Å²) in [5.41, 5.74) is 3.09. The smallest absolute Gasteiger partial charge is 0.254 e. The first-order valence-electron chi connectivity index (χ1n) is 8.42. The maximum absolute atomic E-state index is 12.8. The average molecular weight is 370 g/mol. The molecule has 0 aromatic heterocycles. The van der Waals surface area contributed by atoms with E-state index in [1.807, 2.05) is 36.1 Å². The molecule has 0 radical (unpaired) electrons.